The first-order chi connectivity index (χ1) is 9.32. The molecular weight excluding hydrogens is 286 g/mol. The molecule has 2 rings (SSSR count). The van der Waals surface area contributed by atoms with E-state index in [-0.39, 0.29) is 17.1 Å². The molecule has 1 aliphatic heterocycles. The Hall–Kier alpha value is -1.55. The number of nitro groups is 1. The lowest BCUT2D eigenvalue weighted by molar-refractivity contribution is -0.384. The van der Waals surface area contributed by atoms with Crippen molar-refractivity contribution >= 4 is 15.7 Å². The number of nitrogens with zero attached hydrogens (tertiary/aromatic N) is 1. The van der Waals surface area contributed by atoms with Crippen molar-refractivity contribution in [3.05, 3.63) is 34.4 Å². The van der Waals surface area contributed by atoms with Crippen LogP contribution in [0.25, 0.3) is 0 Å². The van der Waals surface area contributed by atoms with Crippen LogP contribution in [-0.2, 0) is 10.0 Å². The first-order valence-corrected chi connectivity index (χ1v) is 7.48. The number of rotatable bonds is 6. The molecule has 9 heteroatoms. The highest BCUT2D eigenvalue weighted by molar-refractivity contribution is 7.89. The van der Waals surface area contributed by atoms with Crippen molar-refractivity contribution < 1.29 is 18.4 Å². The minimum absolute atomic E-state index is 0.0400. The predicted molar refractivity (Wildman–Crippen MR) is 70.7 cm³/mol. The summed E-state index contributed by atoms with van der Waals surface area (Å²) in [5.41, 5.74) is -1.02. The van der Waals surface area contributed by atoms with Crippen molar-refractivity contribution in [1.29, 1.82) is 0 Å². The summed E-state index contributed by atoms with van der Waals surface area (Å²) in [6, 6.07) is 4.63. The Balaban J connectivity index is 1.97. The third kappa shape index (κ3) is 3.31. The highest BCUT2D eigenvalue weighted by atomic mass is 32.2. The van der Waals surface area contributed by atoms with Gasteiger partial charge in [-0.2, -0.15) is 0 Å². The SMILES string of the molecule is O=[N+]([O-])c1ccc(S(=O)(=O)NCCC2(O)CNC2)cc1. The van der Waals surface area contributed by atoms with Gasteiger partial charge in [-0.3, -0.25) is 10.1 Å². The highest BCUT2D eigenvalue weighted by Gasteiger charge is 2.33. The van der Waals surface area contributed by atoms with E-state index >= 15 is 0 Å². The molecule has 0 aromatic heterocycles. The van der Waals surface area contributed by atoms with Gasteiger partial charge in [0, 0.05) is 31.8 Å². The van der Waals surface area contributed by atoms with Gasteiger partial charge in [-0.1, -0.05) is 0 Å². The monoisotopic (exact) mass is 301 g/mol. The number of benzene rings is 1. The zero-order valence-electron chi connectivity index (χ0n) is 10.6. The van der Waals surface area contributed by atoms with E-state index in [1.54, 1.807) is 0 Å². The zero-order chi connectivity index (χ0) is 14.8. The molecule has 3 N–H and O–H groups in total. The van der Waals surface area contributed by atoms with E-state index in [4.69, 9.17) is 0 Å². The van der Waals surface area contributed by atoms with E-state index in [1.807, 2.05) is 0 Å². The number of hydrogen-bond donors (Lipinski definition) is 3. The first kappa shape index (κ1) is 14.9. The quantitative estimate of drug-likeness (QED) is 0.485. The van der Waals surface area contributed by atoms with E-state index < -0.39 is 20.5 Å². The second-order valence-electron chi connectivity index (χ2n) is 4.73. The van der Waals surface area contributed by atoms with Gasteiger partial charge in [0.1, 0.15) is 0 Å². The maximum Gasteiger partial charge on any atom is 0.269 e. The molecule has 0 unspecified atom stereocenters. The lowest BCUT2D eigenvalue weighted by Gasteiger charge is -2.37. The molecule has 1 heterocycles. The molecule has 1 aliphatic rings. The van der Waals surface area contributed by atoms with Crippen LogP contribution in [0.15, 0.2) is 29.2 Å². The summed E-state index contributed by atoms with van der Waals surface area (Å²) in [6.07, 6.45) is 0.312. The second kappa shape index (κ2) is 5.44. The minimum atomic E-state index is -3.71. The average Bonchev–Trinajstić information content (AvgIpc) is 2.36. The highest BCUT2D eigenvalue weighted by Crippen LogP contribution is 2.17. The van der Waals surface area contributed by atoms with Gasteiger partial charge < -0.3 is 10.4 Å². The van der Waals surface area contributed by atoms with Gasteiger partial charge in [0.05, 0.1) is 15.4 Å². The topological polar surface area (TPSA) is 122 Å². The fraction of sp³-hybridized carbons (Fsp3) is 0.455. The van der Waals surface area contributed by atoms with Crippen LogP contribution in [0.1, 0.15) is 6.42 Å². The van der Waals surface area contributed by atoms with Gasteiger partial charge in [0.15, 0.2) is 0 Å². The Morgan fingerprint density at radius 3 is 2.40 bits per heavy atom. The number of non-ortho nitro benzene ring substituents is 1. The summed E-state index contributed by atoms with van der Waals surface area (Å²) < 4.78 is 26.2. The van der Waals surface area contributed by atoms with Gasteiger partial charge in [-0.05, 0) is 18.6 Å². The minimum Gasteiger partial charge on any atom is -0.387 e. The van der Waals surface area contributed by atoms with E-state index in [1.165, 1.54) is 12.1 Å². The fourth-order valence-corrected chi connectivity index (χ4v) is 2.87. The Kier molecular flexibility index (Phi) is 4.04. The summed E-state index contributed by atoms with van der Waals surface area (Å²) in [5, 5.41) is 23.2. The van der Waals surface area contributed by atoms with Crippen molar-refractivity contribution in [2.45, 2.75) is 16.9 Å². The summed E-state index contributed by atoms with van der Waals surface area (Å²) in [7, 11) is -3.71. The first-order valence-electron chi connectivity index (χ1n) is 6.00. The number of nitrogens with one attached hydrogen (secondary N) is 2. The number of nitro benzene ring substituents is 1. The van der Waals surface area contributed by atoms with Gasteiger partial charge in [0.25, 0.3) is 5.69 Å². The van der Waals surface area contributed by atoms with E-state index in [9.17, 15) is 23.6 Å². The maximum atomic E-state index is 11.9. The Morgan fingerprint density at radius 1 is 1.35 bits per heavy atom. The van der Waals surface area contributed by atoms with Crippen LogP contribution in [0.2, 0.25) is 0 Å². The number of aliphatic hydroxyl groups is 1. The maximum absolute atomic E-state index is 11.9. The fourth-order valence-electron chi connectivity index (χ4n) is 1.84. The number of sulfonamides is 1. The molecule has 1 fully saturated rings. The number of hydrogen-bond acceptors (Lipinski definition) is 6. The third-order valence-electron chi connectivity index (χ3n) is 3.15. The molecule has 0 aliphatic carbocycles. The number of β-amino-alcohol motifs (C(OH)–C–C–N with tert-alkyl or cyclic N) is 1. The Bertz CT molecular complexity index is 595. The zero-order valence-corrected chi connectivity index (χ0v) is 11.4. The van der Waals surface area contributed by atoms with Crippen molar-refractivity contribution in [2.24, 2.45) is 0 Å². The summed E-state index contributed by atoms with van der Waals surface area (Å²) in [4.78, 5) is 9.86. The Labute approximate surface area is 116 Å². The van der Waals surface area contributed by atoms with E-state index in [0.717, 1.165) is 12.1 Å². The molecule has 20 heavy (non-hydrogen) atoms. The van der Waals surface area contributed by atoms with Crippen molar-refractivity contribution in [1.82, 2.24) is 10.0 Å². The van der Waals surface area contributed by atoms with Crippen LogP contribution in [0.5, 0.6) is 0 Å². The van der Waals surface area contributed by atoms with Crippen LogP contribution in [-0.4, -0.2) is 43.7 Å². The smallest absolute Gasteiger partial charge is 0.269 e. The molecule has 0 saturated carbocycles. The van der Waals surface area contributed by atoms with Gasteiger partial charge >= 0.3 is 0 Å². The normalized spacial score (nSPS) is 17.4. The second-order valence-corrected chi connectivity index (χ2v) is 6.49. The van der Waals surface area contributed by atoms with Crippen LogP contribution < -0.4 is 10.0 Å². The largest absolute Gasteiger partial charge is 0.387 e. The molecule has 1 aromatic carbocycles. The van der Waals surface area contributed by atoms with Crippen molar-refractivity contribution in [2.75, 3.05) is 19.6 Å². The molecule has 0 amide bonds. The van der Waals surface area contributed by atoms with Crippen LogP contribution in [0, 0.1) is 10.1 Å². The van der Waals surface area contributed by atoms with E-state index in [2.05, 4.69) is 10.0 Å². The molecule has 1 saturated heterocycles. The van der Waals surface area contributed by atoms with Crippen LogP contribution >= 0.6 is 0 Å². The predicted octanol–water partition coefficient (Wildman–Crippen LogP) is -0.402. The van der Waals surface area contributed by atoms with Crippen LogP contribution in [0.3, 0.4) is 0 Å². The molecule has 0 radical (unpaired) electrons. The van der Waals surface area contributed by atoms with Gasteiger partial charge in [-0.15, -0.1) is 0 Å². The van der Waals surface area contributed by atoms with Gasteiger partial charge in [0.2, 0.25) is 10.0 Å². The lowest BCUT2D eigenvalue weighted by atomic mass is 9.93. The summed E-state index contributed by atoms with van der Waals surface area (Å²) in [5.74, 6) is 0. The third-order valence-corrected chi connectivity index (χ3v) is 4.63. The summed E-state index contributed by atoms with van der Waals surface area (Å²) in [6.45, 7) is 1.01. The van der Waals surface area contributed by atoms with Crippen molar-refractivity contribution in [3.63, 3.8) is 0 Å². The molecular formula is C11H15N3O5S. The van der Waals surface area contributed by atoms with E-state index in [0.29, 0.717) is 19.5 Å². The molecule has 0 atom stereocenters. The molecule has 8 nitrogen and oxygen atoms in total. The lowest BCUT2D eigenvalue weighted by Crippen LogP contribution is -2.60. The Morgan fingerprint density at radius 2 is 1.95 bits per heavy atom. The standard InChI is InChI=1S/C11H15N3O5S/c15-11(7-12-8-11)5-6-13-20(18,19)10-3-1-9(2-4-10)14(16)17/h1-4,12-13,15H,5-8H2. The molecule has 110 valence electrons. The average molecular weight is 301 g/mol. The van der Waals surface area contributed by atoms with Crippen LogP contribution in [0.4, 0.5) is 5.69 Å². The molecule has 0 spiro atoms. The molecule has 1 aromatic rings. The molecule has 0 bridgehead atoms. The summed E-state index contributed by atoms with van der Waals surface area (Å²) >= 11 is 0. The van der Waals surface area contributed by atoms with Gasteiger partial charge in [-0.25, -0.2) is 13.1 Å². The van der Waals surface area contributed by atoms with Crippen molar-refractivity contribution in [3.8, 4) is 0 Å².